The van der Waals surface area contributed by atoms with Gasteiger partial charge in [-0.25, -0.2) is 9.50 Å². The molecule has 1 unspecified atom stereocenters. The minimum absolute atomic E-state index is 0.00785. The Hall–Kier alpha value is -2.76. The van der Waals surface area contributed by atoms with E-state index in [1.165, 1.54) is 11.9 Å². The van der Waals surface area contributed by atoms with Gasteiger partial charge >= 0.3 is 0 Å². The van der Waals surface area contributed by atoms with Crippen molar-refractivity contribution in [2.75, 3.05) is 0 Å². The van der Waals surface area contributed by atoms with E-state index in [-0.39, 0.29) is 11.9 Å². The van der Waals surface area contributed by atoms with Crippen LogP contribution in [0.5, 0.6) is 0 Å². The molecule has 0 saturated carbocycles. The quantitative estimate of drug-likeness (QED) is 0.741. The van der Waals surface area contributed by atoms with Crippen LogP contribution in [0, 0.1) is 13.8 Å². The minimum Gasteiger partial charge on any atom is -0.350 e. The third kappa shape index (κ3) is 3.74. The van der Waals surface area contributed by atoms with E-state index in [9.17, 15) is 4.79 Å². The van der Waals surface area contributed by atoms with Crippen LogP contribution < -0.4 is 5.32 Å². The molecule has 0 aliphatic rings. The first-order valence-corrected chi connectivity index (χ1v) is 9.03. The molecule has 6 nitrogen and oxygen atoms in total. The highest BCUT2D eigenvalue weighted by Crippen LogP contribution is 2.17. The number of hydrogen-bond acceptors (Lipinski definition) is 4. The van der Waals surface area contributed by atoms with Gasteiger partial charge < -0.3 is 5.32 Å². The lowest BCUT2D eigenvalue weighted by molar-refractivity contribution is -0.121. The van der Waals surface area contributed by atoms with Crippen LogP contribution in [0.15, 0.2) is 30.6 Å². The first kappa shape index (κ1) is 18.0. The lowest BCUT2D eigenvalue weighted by Crippen LogP contribution is -2.27. The third-order valence-electron chi connectivity index (χ3n) is 4.86. The molecule has 0 aliphatic heterocycles. The van der Waals surface area contributed by atoms with Crippen LogP contribution in [0.3, 0.4) is 0 Å². The van der Waals surface area contributed by atoms with Gasteiger partial charge in [0.15, 0.2) is 0 Å². The summed E-state index contributed by atoms with van der Waals surface area (Å²) >= 11 is 0. The van der Waals surface area contributed by atoms with Crippen molar-refractivity contribution >= 4 is 11.7 Å². The van der Waals surface area contributed by atoms with Crippen molar-refractivity contribution in [1.29, 1.82) is 0 Å². The van der Waals surface area contributed by atoms with Gasteiger partial charge in [-0.1, -0.05) is 31.2 Å². The normalized spacial score (nSPS) is 12.3. The molecular formula is C20H25N5O. The predicted octanol–water partition coefficient (Wildman–Crippen LogP) is 3.11. The van der Waals surface area contributed by atoms with E-state index >= 15 is 0 Å². The number of fused-ring (bicyclic) bond motifs is 1. The maximum Gasteiger partial charge on any atom is 0.252 e. The van der Waals surface area contributed by atoms with Crippen LogP contribution in [-0.4, -0.2) is 25.5 Å². The van der Waals surface area contributed by atoms with E-state index < -0.39 is 0 Å². The van der Waals surface area contributed by atoms with Gasteiger partial charge in [0.05, 0.1) is 6.04 Å². The van der Waals surface area contributed by atoms with Gasteiger partial charge in [-0.15, -0.1) is 0 Å². The molecule has 6 heteroatoms. The van der Waals surface area contributed by atoms with Gasteiger partial charge in [0.25, 0.3) is 5.78 Å². The number of aromatic nitrogens is 4. The highest BCUT2D eigenvalue weighted by Gasteiger charge is 2.14. The van der Waals surface area contributed by atoms with E-state index in [1.54, 1.807) is 4.52 Å². The fraction of sp³-hybridized carbons (Fsp3) is 0.400. The summed E-state index contributed by atoms with van der Waals surface area (Å²) in [5.41, 5.74) is 5.36. The van der Waals surface area contributed by atoms with Crippen molar-refractivity contribution in [2.24, 2.45) is 0 Å². The molecule has 0 radical (unpaired) electrons. The zero-order valence-corrected chi connectivity index (χ0v) is 15.8. The van der Waals surface area contributed by atoms with Crippen molar-refractivity contribution in [3.8, 4) is 0 Å². The highest BCUT2D eigenvalue weighted by atomic mass is 16.1. The van der Waals surface area contributed by atoms with E-state index in [0.717, 1.165) is 28.9 Å². The van der Waals surface area contributed by atoms with Gasteiger partial charge in [-0.05, 0) is 50.3 Å². The molecule has 0 spiro atoms. The number of nitrogens with one attached hydrogen (secondary N) is 1. The van der Waals surface area contributed by atoms with E-state index in [0.29, 0.717) is 18.6 Å². The topological polar surface area (TPSA) is 72.2 Å². The number of rotatable bonds is 6. The zero-order valence-electron chi connectivity index (χ0n) is 15.8. The van der Waals surface area contributed by atoms with Gasteiger partial charge in [-0.2, -0.15) is 10.1 Å². The first-order chi connectivity index (χ1) is 12.5. The lowest BCUT2D eigenvalue weighted by Gasteiger charge is -2.15. The van der Waals surface area contributed by atoms with Crippen LogP contribution in [0.2, 0.25) is 0 Å². The molecule has 2 heterocycles. The van der Waals surface area contributed by atoms with E-state index in [2.05, 4.69) is 51.6 Å². The Bertz CT molecular complexity index is 914. The van der Waals surface area contributed by atoms with Crippen LogP contribution in [0.4, 0.5) is 0 Å². The number of amides is 1. The average molecular weight is 351 g/mol. The Kier molecular flexibility index (Phi) is 5.30. The second-order valence-electron chi connectivity index (χ2n) is 6.62. The maximum absolute atomic E-state index is 12.4. The fourth-order valence-electron chi connectivity index (χ4n) is 3.19. The first-order valence-electron chi connectivity index (χ1n) is 9.03. The van der Waals surface area contributed by atoms with Crippen LogP contribution in [0.25, 0.3) is 5.78 Å². The monoisotopic (exact) mass is 351 g/mol. The smallest absolute Gasteiger partial charge is 0.252 e. The Labute approximate surface area is 153 Å². The molecule has 1 N–H and O–H groups in total. The van der Waals surface area contributed by atoms with Gasteiger partial charge in [0, 0.05) is 17.8 Å². The molecule has 3 aromatic rings. The van der Waals surface area contributed by atoms with Crippen LogP contribution in [-0.2, 0) is 17.6 Å². The van der Waals surface area contributed by atoms with Gasteiger partial charge in [0.1, 0.15) is 6.33 Å². The number of nitrogens with zero attached hydrogens (tertiary/aromatic N) is 4. The summed E-state index contributed by atoms with van der Waals surface area (Å²) in [5.74, 6) is 0.631. The SMILES string of the molecule is CCc1ccc(C(C)NC(=O)CCc2c(C)nc3ncnn3c2C)cc1. The summed E-state index contributed by atoms with van der Waals surface area (Å²) < 4.78 is 1.72. The molecular weight excluding hydrogens is 326 g/mol. The third-order valence-corrected chi connectivity index (χ3v) is 4.86. The van der Waals surface area contributed by atoms with Crippen molar-refractivity contribution in [1.82, 2.24) is 24.9 Å². The molecule has 3 rings (SSSR count). The molecule has 26 heavy (non-hydrogen) atoms. The average Bonchev–Trinajstić information content (AvgIpc) is 3.10. The molecule has 2 aromatic heterocycles. The molecule has 1 amide bonds. The molecule has 0 bridgehead atoms. The standard InChI is InChI=1S/C20H25N5O/c1-5-16-6-8-17(9-7-16)13(2)23-19(26)11-10-18-14(3)24-20-21-12-22-25(20)15(18)4/h6-9,12-13H,5,10-11H2,1-4H3,(H,23,26). The van der Waals surface area contributed by atoms with Gasteiger partial charge in [-0.3, -0.25) is 4.79 Å². The summed E-state index contributed by atoms with van der Waals surface area (Å²) in [7, 11) is 0. The largest absolute Gasteiger partial charge is 0.350 e. The summed E-state index contributed by atoms with van der Waals surface area (Å²) in [4.78, 5) is 21.0. The summed E-state index contributed by atoms with van der Waals surface area (Å²) in [6.07, 6.45) is 3.56. The number of hydrogen-bond donors (Lipinski definition) is 1. The summed E-state index contributed by atoms with van der Waals surface area (Å²) in [5, 5.41) is 7.27. The second kappa shape index (κ2) is 7.64. The highest BCUT2D eigenvalue weighted by molar-refractivity contribution is 5.76. The Morgan fingerprint density at radius 1 is 1.23 bits per heavy atom. The van der Waals surface area contributed by atoms with Crippen molar-refractivity contribution in [3.05, 3.63) is 58.7 Å². The number of carbonyl (C=O) groups is 1. The van der Waals surface area contributed by atoms with Crippen molar-refractivity contribution in [3.63, 3.8) is 0 Å². The maximum atomic E-state index is 12.4. The summed E-state index contributed by atoms with van der Waals surface area (Å²) in [6, 6.07) is 8.39. The van der Waals surface area contributed by atoms with E-state index in [4.69, 9.17) is 0 Å². The lowest BCUT2D eigenvalue weighted by atomic mass is 10.0. The number of benzene rings is 1. The van der Waals surface area contributed by atoms with E-state index in [1.807, 2.05) is 20.8 Å². The molecule has 136 valence electrons. The second-order valence-corrected chi connectivity index (χ2v) is 6.62. The molecule has 0 saturated heterocycles. The van der Waals surface area contributed by atoms with Gasteiger partial charge in [0.2, 0.25) is 5.91 Å². The molecule has 1 atom stereocenters. The van der Waals surface area contributed by atoms with Crippen molar-refractivity contribution < 1.29 is 4.79 Å². The molecule has 0 aliphatic carbocycles. The number of aryl methyl sites for hydroxylation is 3. The molecule has 0 fully saturated rings. The Morgan fingerprint density at radius 3 is 2.65 bits per heavy atom. The Balaban J connectivity index is 1.63. The number of carbonyl (C=O) groups excluding carboxylic acids is 1. The predicted molar refractivity (Wildman–Crippen MR) is 101 cm³/mol. The summed E-state index contributed by atoms with van der Waals surface area (Å²) in [6.45, 7) is 8.09. The van der Waals surface area contributed by atoms with Crippen LogP contribution in [0.1, 0.15) is 54.4 Å². The van der Waals surface area contributed by atoms with Crippen molar-refractivity contribution in [2.45, 2.75) is 53.0 Å². The fourth-order valence-corrected chi connectivity index (χ4v) is 3.19. The molecule has 1 aromatic carbocycles. The Morgan fingerprint density at radius 2 is 1.96 bits per heavy atom. The zero-order chi connectivity index (χ0) is 18.7. The minimum atomic E-state index is -0.00785. The van der Waals surface area contributed by atoms with Crippen LogP contribution >= 0.6 is 0 Å².